The van der Waals surface area contributed by atoms with Gasteiger partial charge in [-0.15, -0.1) is 0 Å². The predicted molar refractivity (Wildman–Crippen MR) is 59.9 cm³/mol. The van der Waals surface area contributed by atoms with Gasteiger partial charge in [0.1, 0.15) is 0 Å². The Balaban J connectivity index is 3.75. The van der Waals surface area contributed by atoms with Crippen LogP contribution in [0.1, 0.15) is 33.1 Å². The van der Waals surface area contributed by atoms with E-state index >= 15 is 0 Å². The van der Waals surface area contributed by atoms with E-state index in [-0.39, 0.29) is 12.5 Å². The third kappa shape index (κ3) is 5.70. The van der Waals surface area contributed by atoms with Gasteiger partial charge >= 0.3 is 5.97 Å². The maximum atomic E-state index is 11.5. The number of carbonyl (C=O) groups is 2. The molecule has 94 valence electrons. The molecule has 2 atom stereocenters. The summed E-state index contributed by atoms with van der Waals surface area (Å²) in [7, 11) is 0. The molecule has 0 radical (unpaired) electrons. The Morgan fingerprint density at radius 1 is 1.12 bits per heavy atom. The van der Waals surface area contributed by atoms with Gasteiger partial charge in [0.2, 0.25) is 5.91 Å². The number of carboxylic acid groups (broad SMARTS) is 1. The fourth-order valence-electron chi connectivity index (χ4n) is 1.23. The van der Waals surface area contributed by atoms with Crippen molar-refractivity contribution in [1.82, 2.24) is 5.32 Å². The molecule has 0 saturated heterocycles. The van der Waals surface area contributed by atoms with Gasteiger partial charge in [-0.25, -0.2) is 0 Å². The quantitative estimate of drug-likeness (QED) is 0.534. The Bertz CT molecular complexity index is 230. The molecule has 1 amide bonds. The average Bonchev–Trinajstić information content (AvgIpc) is 2.26. The largest absolute Gasteiger partial charge is 0.481 e. The van der Waals surface area contributed by atoms with E-state index in [1.54, 1.807) is 6.92 Å². The van der Waals surface area contributed by atoms with Crippen molar-refractivity contribution < 1.29 is 19.8 Å². The van der Waals surface area contributed by atoms with Gasteiger partial charge < -0.3 is 15.5 Å². The van der Waals surface area contributed by atoms with Gasteiger partial charge in [0.15, 0.2) is 0 Å². The number of aliphatic hydroxyl groups excluding tert-OH is 1. The smallest absolute Gasteiger partial charge is 0.307 e. The molecule has 0 aromatic rings. The molecule has 0 spiro atoms. The van der Waals surface area contributed by atoms with Crippen molar-refractivity contribution in [2.75, 3.05) is 13.2 Å². The van der Waals surface area contributed by atoms with Crippen LogP contribution in [0.25, 0.3) is 0 Å². The molecule has 5 nitrogen and oxygen atoms in total. The van der Waals surface area contributed by atoms with Crippen LogP contribution < -0.4 is 5.32 Å². The van der Waals surface area contributed by atoms with Gasteiger partial charge in [0.25, 0.3) is 0 Å². The van der Waals surface area contributed by atoms with Gasteiger partial charge in [-0.1, -0.05) is 13.8 Å². The zero-order valence-corrected chi connectivity index (χ0v) is 9.90. The standard InChI is InChI=1S/C11H21NO4/c1-8(9(2)11(15)16)10(14)12-6-4-3-5-7-13/h8-9,13H,3-7H2,1-2H3,(H,12,14)(H,15,16). The van der Waals surface area contributed by atoms with Crippen LogP contribution >= 0.6 is 0 Å². The first-order valence-corrected chi connectivity index (χ1v) is 5.62. The number of nitrogens with one attached hydrogen (secondary N) is 1. The summed E-state index contributed by atoms with van der Waals surface area (Å²) in [5, 5.41) is 20.0. The molecule has 3 N–H and O–H groups in total. The number of unbranched alkanes of at least 4 members (excludes halogenated alkanes) is 2. The van der Waals surface area contributed by atoms with Crippen LogP contribution in [0.15, 0.2) is 0 Å². The summed E-state index contributed by atoms with van der Waals surface area (Å²) in [4.78, 5) is 22.2. The van der Waals surface area contributed by atoms with Gasteiger partial charge in [-0.2, -0.15) is 0 Å². The van der Waals surface area contributed by atoms with Gasteiger partial charge in [-0.05, 0) is 19.3 Å². The highest BCUT2D eigenvalue weighted by molar-refractivity contribution is 5.84. The second kappa shape index (κ2) is 8.10. The van der Waals surface area contributed by atoms with Crippen LogP contribution in [-0.2, 0) is 9.59 Å². The van der Waals surface area contributed by atoms with E-state index in [9.17, 15) is 9.59 Å². The van der Waals surface area contributed by atoms with Crippen LogP contribution in [0.4, 0.5) is 0 Å². The maximum absolute atomic E-state index is 11.5. The lowest BCUT2D eigenvalue weighted by molar-refractivity contribution is -0.146. The van der Waals surface area contributed by atoms with Gasteiger partial charge in [0, 0.05) is 19.1 Å². The van der Waals surface area contributed by atoms with E-state index in [0.29, 0.717) is 6.54 Å². The first-order chi connectivity index (χ1) is 7.50. The number of hydrogen-bond acceptors (Lipinski definition) is 3. The Labute approximate surface area is 95.9 Å². The van der Waals surface area contributed by atoms with Crippen molar-refractivity contribution in [2.24, 2.45) is 11.8 Å². The minimum absolute atomic E-state index is 0.167. The zero-order valence-electron chi connectivity index (χ0n) is 9.90. The van der Waals surface area contributed by atoms with Crippen molar-refractivity contribution in [3.05, 3.63) is 0 Å². The summed E-state index contributed by atoms with van der Waals surface area (Å²) in [6.07, 6.45) is 2.40. The topological polar surface area (TPSA) is 86.6 Å². The molecule has 0 aromatic heterocycles. The highest BCUT2D eigenvalue weighted by atomic mass is 16.4. The minimum atomic E-state index is -0.956. The Morgan fingerprint density at radius 3 is 2.25 bits per heavy atom. The van der Waals surface area contributed by atoms with E-state index in [1.807, 2.05) is 0 Å². The molecule has 0 rings (SSSR count). The van der Waals surface area contributed by atoms with Crippen molar-refractivity contribution in [3.8, 4) is 0 Å². The predicted octanol–water partition coefficient (Wildman–Crippen LogP) is 0.622. The zero-order chi connectivity index (χ0) is 12.6. The second-order valence-corrected chi connectivity index (χ2v) is 3.99. The van der Waals surface area contributed by atoms with E-state index in [1.165, 1.54) is 6.92 Å². The summed E-state index contributed by atoms with van der Waals surface area (Å²) < 4.78 is 0. The molecule has 0 aliphatic rings. The third-order valence-electron chi connectivity index (χ3n) is 2.69. The molecule has 0 fully saturated rings. The van der Waals surface area contributed by atoms with Crippen LogP contribution in [0.3, 0.4) is 0 Å². The molecule has 0 saturated carbocycles. The second-order valence-electron chi connectivity index (χ2n) is 3.99. The third-order valence-corrected chi connectivity index (χ3v) is 2.69. The van der Waals surface area contributed by atoms with Crippen LogP contribution in [0, 0.1) is 11.8 Å². The van der Waals surface area contributed by atoms with Crippen LogP contribution in [0.2, 0.25) is 0 Å². The van der Waals surface area contributed by atoms with Gasteiger partial charge in [-0.3, -0.25) is 9.59 Å². The average molecular weight is 231 g/mol. The number of rotatable bonds is 8. The van der Waals surface area contributed by atoms with E-state index in [0.717, 1.165) is 19.3 Å². The molecule has 0 aliphatic carbocycles. The highest BCUT2D eigenvalue weighted by Gasteiger charge is 2.25. The molecular formula is C11H21NO4. The normalized spacial score (nSPS) is 14.2. The van der Waals surface area contributed by atoms with E-state index in [4.69, 9.17) is 10.2 Å². The minimum Gasteiger partial charge on any atom is -0.481 e. The molecule has 0 heterocycles. The summed E-state index contributed by atoms with van der Waals surface area (Å²) >= 11 is 0. The Hall–Kier alpha value is -1.10. The first kappa shape index (κ1) is 14.9. The van der Waals surface area contributed by atoms with E-state index in [2.05, 4.69) is 5.32 Å². The van der Waals surface area contributed by atoms with E-state index < -0.39 is 17.8 Å². The SMILES string of the molecule is CC(C(=O)O)C(C)C(=O)NCCCCCO. The summed E-state index contributed by atoms with van der Waals surface area (Å²) in [6.45, 7) is 3.84. The molecule has 0 aromatic carbocycles. The molecule has 2 unspecified atom stereocenters. The lowest BCUT2D eigenvalue weighted by Crippen LogP contribution is -2.35. The summed E-state index contributed by atoms with van der Waals surface area (Å²) in [5.41, 5.74) is 0. The fraction of sp³-hybridized carbons (Fsp3) is 0.818. The summed E-state index contributed by atoms with van der Waals surface area (Å²) in [5.74, 6) is -2.37. The molecular weight excluding hydrogens is 210 g/mol. The molecule has 0 bridgehead atoms. The number of carbonyl (C=O) groups excluding carboxylic acids is 1. The Morgan fingerprint density at radius 2 is 1.75 bits per heavy atom. The lowest BCUT2D eigenvalue weighted by Gasteiger charge is -2.15. The van der Waals surface area contributed by atoms with Crippen LogP contribution in [0.5, 0.6) is 0 Å². The number of aliphatic carboxylic acids is 1. The number of carboxylic acids is 1. The summed E-state index contributed by atoms with van der Waals surface area (Å²) in [6, 6.07) is 0. The number of amides is 1. The Kier molecular flexibility index (Phi) is 7.54. The molecule has 0 aliphatic heterocycles. The number of aliphatic hydroxyl groups is 1. The molecule has 5 heteroatoms. The molecule has 16 heavy (non-hydrogen) atoms. The van der Waals surface area contributed by atoms with Crippen molar-refractivity contribution in [3.63, 3.8) is 0 Å². The number of hydrogen-bond donors (Lipinski definition) is 3. The lowest BCUT2D eigenvalue weighted by atomic mass is 9.95. The van der Waals surface area contributed by atoms with Crippen molar-refractivity contribution >= 4 is 11.9 Å². The van der Waals surface area contributed by atoms with Crippen molar-refractivity contribution in [2.45, 2.75) is 33.1 Å². The van der Waals surface area contributed by atoms with Crippen LogP contribution in [-0.4, -0.2) is 35.2 Å². The fourth-order valence-corrected chi connectivity index (χ4v) is 1.23. The van der Waals surface area contributed by atoms with Gasteiger partial charge in [0.05, 0.1) is 5.92 Å². The maximum Gasteiger partial charge on any atom is 0.307 e. The first-order valence-electron chi connectivity index (χ1n) is 5.62. The van der Waals surface area contributed by atoms with Crippen molar-refractivity contribution in [1.29, 1.82) is 0 Å². The monoisotopic (exact) mass is 231 g/mol. The highest BCUT2D eigenvalue weighted by Crippen LogP contribution is 2.10.